The van der Waals surface area contributed by atoms with Gasteiger partial charge in [0.1, 0.15) is 0 Å². The maximum Gasteiger partial charge on any atom is 0.227 e. The number of hydrogen-bond acceptors (Lipinski definition) is 3. The zero-order valence-electron chi connectivity index (χ0n) is 12.7. The van der Waals surface area contributed by atoms with E-state index in [4.69, 9.17) is 0 Å². The molecule has 1 rings (SSSR count). The van der Waals surface area contributed by atoms with Crippen LogP contribution >= 0.6 is 0 Å². The Morgan fingerprint density at radius 3 is 2.47 bits per heavy atom. The molecule has 0 saturated carbocycles. The third kappa shape index (κ3) is 3.69. The van der Waals surface area contributed by atoms with E-state index in [1.54, 1.807) is 0 Å². The van der Waals surface area contributed by atoms with Crippen LogP contribution in [0.3, 0.4) is 0 Å². The van der Waals surface area contributed by atoms with E-state index in [9.17, 15) is 9.90 Å². The summed E-state index contributed by atoms with van der Waals surface area (Å²) in [7, 11) is 0. The van der Waals surface area contributed by atoms with Gasteiger partial charge >= 0.3 is 0 Å². The molecule has 4 nitrogen and oxygen atoms in total. The van der Waals surface area contributed by atoms with Crippen molar-refractivity contribution in [3.63, 3.8) is 0 Å². The summed E-state index contributed by atoms with van der Waals surface area (Å²) in [5.41, 5.74) is -0.382. The summed E-state index contributed by atoms with van der Waals surface area (Å²) in [5.74, 6) is 0.166. The van der Waals surface area contributed by atoms with Gasteiger partial charge in [-0.15, -0.1) is 0 Å². The standard InChI is InChI=1S/C15H30N2O2/c1-4-7-15(8-9-16-11-15)13(19)17-10-14(5-2,6-3)12-18/h16,18H,4-12H2,1-3H3,(H,17,19). The molecule has 1 unspecified atom stereocenters. The van der Waals surface area contributed by atoms with E-state index < -0.39 is 0 Å². The Morgan fingerprint density at radius 1 is 1.37 bits per heavy atom. The normalized spacial score (nSPS) is 23.6. The third-order valence-corrected chi connectivity index (χ3v) is 4.91. The fourth-order valence-electron chi connectivity index (χ4n) is 2.98. The number of carbonyl (C=O) groups excluding carboxylic acids is 1. The van der Waals surface area contributed by atoms with E-state index in [-0.39, 0.29) is 23.3 Å². The highest BCUT2D eigenvalue weighted by atomic mass is 16.3. The van der Waals surface area contributed by atoms with Gasteiger partial charge in [-0.2, -0.15) is 0 Å². The Balaban J connectivity index is 2.62. The van der Waals surface area contributed by atoms with Crippen LogP contribution < -0.4 is 10.6 Å². The van der Waals surface area contributed by atoms with Gasteiger partial charge in [0.25, 0.3) is 0 Å². The maximum atomic E-state index is 12.5. The summed E-state index contributed by atoms with van der Waals surface area (Å²) in [4.78, 5) is 12.5. The minimum Gasteiger partial charge on any atom is -0.396 e. The van der Waals surface area contributed by atoms with Crippen molar-refractivity contribution >= 4 is 5.91 Å². The molecule has 3 N–H and O–H groups in total. The van der Waals surface area contributed by atoms with Crippen LogP contribution in [0.4, 0.5) is 0 Å². The smallest absolute Gasteiger partial charge is 0.227 e. The molecule has 1 heterocycles. The number of aliphatic hydroxyl groups is 1. The first-order chi connectivity index (χ1) is 9.08. The van der Waals surface area contributed by atoms with E-state index in [2.05, 4.69) is 31.4 Å². The van der Waals surface area contributed by atoms with Crippen LogP contribution in [0.2, 0.25) is 0 Å². The summed E-state index contributed by atoms with van der Waals surface area (Å²) >= 11 is 0. The SMILES string of the molecule is CCCC1(C(=O)NCC(CC)(CC)CO)CCNC1. The molecule has 1 aliphatic heterocycles. The summed E-state index contributed by atoms with van der Waals surface area (Å²) in [5, 5.41) is 16.0. The molecular weight excluding hydrogens is 240 g/mol. The summed E-state index contributed by atoms with van der Waals surface area (Å²) in [6.45, 7) is 8.72. The molecule has 0 aromatic carbocycles. The molecular formula is C15H30N2O2. The van der Waals surface area contributed by atoms with E-state index in [0.29, 0.717) is 6.54 Å². The van der Waals surface area contributed by atoms with Crippen molar-refractivity contribution in [3.05, 3.63) is 0 Å². The fraction of sp³-hybridized carbons (Fsp3) is 0.933. The van der Waals surface area contributed by atoms with Crippen molar-refractivity contribution in [1.29, 1.82) is 0 Å². The van der Waals surface area contributed by atoms with Gasteiger partial charge in [-0.1, -0.05) is 27.2 Å². The Hall–Kier alpha value is -0.610. The Labute approximate surface area is 117 Å². The summed E-state index contributed by atoms with van der Waals surface area (Å²) < 4.78 is 0. The zero-order chi connectivity index (χ0) is 14.4. The topological polar surface area (TPSA) is 61.4 Å². The van der Waals surface area contributed by atoms with Gasteiger partial charge in [0.2, 0.25) is 5.91 Å². The molecule has 1 fully saturated rings. The molecule has 0 aromatic rings. The molecule has 1 aliphatic rings. The van der Waals surface area contributed by atoms with Gasteiger partial charge in [0.05, 0.1) is 12.0 Å². The quantitative estimate of drug-likeness (QED) is 0.629. The van der Waals surface area contributed by atoms with Gasteiger partial charge < -0.3 is 15.7 Å². The van der Waals surface area contributed by atoms with Crippen LogP contribution in [-0.4, -0.2) is 37.3 Å². The molecule has 0 aliphatic carbocycles. The summed E-state index contributed by atoms with van der Waals surface area (Å²) in [6, 6.07) is 0. The highest BCUT2D eigenvalue weighted by Gasteiger charge is 2.40. The van der Waals surface area contributed by atoms with Crippen molar-refractivity contribution in [1.82, 2.24) is 10.6 Å². The Kier molecular flexibility index (Phi) is 6.27. The number of amides is 1. The molecule has 0 spiro atoms. The summed E-state index contributed by atoms with van der Waals surface area (Å²) in [6.07, 6.45) is 4.67. The minimum atomic E-state index is -0.225. The van der Waals surface area contributed by atoms with Crippen LogP contribution in [0.1, 0.15) is 52.9 Å². The van der Waals surface area contributed by atoms with E-state index >= 15 is 0 Å². The first-order valence-corrected chi connectivity index (χ1v) is 7.68. The fourth-order valence-corrected chi connectivity index (χ4v) is 2.98. The van der Waals surface area contributed by atoms with Crippen molar-refractivity contribution in [2.75, 3.05) is 26.2 Å². The number of carbonyl (C=O) groups is 1. The van der Waals surface area contributed by atoms with E-state index in [1.165, 1.54) is 0 Å². The van der Waals surface area contributed by atoms with Crippen LogP contribution in [-0.2, 0) is 4.79 Å². The zero-order valence-corrected chi connectivity index (χ0v) is 12.7. The second-order valence-corrected chi connectivity index (χ2v) is 6.01. The highest BCUT2D eigenvalue weighted by molar-refractivity contribution is 5.83. The van der Waals surface area contributed by atoms with Gasteiger partial charge in [0.15, 0.2) is 0 Å². The first-order valence-electron chi connectivity index (χ1n) is 7.68. The van der Waals surface area contributed by atoms with Crippen LogP contribution in [0, 0.1) is 10.8 Å². The lowest BCUT2D eigenvalue weighted by Gasteiger charge is -2.33. The maximum absolute atomic E-state index is 12.5. The van der Waals surface area contributed by atoms with Gasteiger partial charge in [0, 0.05) is 18.5 Å². The average molecular weight is 270 g/mol. The minimum absolute atomic E-state index is 0.138. The Morgan fingerprint density at radius 2 is 2.05 bits per heavy atom. The largest absolute Gasteiger partial charge is 0.396 e. The molecule has 112 valence electrons. The predicted octanol–water partition coefficient (Wildman–Crippen LogP) is 1.68. The van der Waals surface area contributed by atoms with Crippen molar-refractivity contribution in [2.24, 2.45) is 10.8 Å². The number of aliphatic hydroxyl groups excluding tert-OH is 1. The van der Waals surface area contributed by atoms with E-state index in [0.717, 1.165) is 45.2 Å². The van der Waals surface area contributed by atoms with Gasteiger partial charge in [-0.3, -0.25) is 4.79 Å². The van der Waals surface area contributed by atoms with E-state index in [1.807, 2.05) is 0 Å². The molecule has 1 saturated heterocycles. The van der Waals surface area contributed by atoms with Crippen LogP contribution in [0.5, 0.6) is 0 Å². The average Bonchev–Trinajstić information content (AvgIpc) is 2.91. The molecule has 1 atom stereocenters. The molecule has 1 amide bonds. The highest BCUT2D eigenvalue weighted by Crippen LogP contribution is 2.32. The van der Waals surface area contributed by atoms with Crippen molar-refractivity contribution in [3.8, 4) is 0 Å². The number of rotatable bonds is 8. The third-order valence-electron chi connectivity index (χ3n) is 4.91. The molecule has 0 aromatic heterocycles. The number of nitrogens with one attached hydrogen (secondary N) is 2. The van der Waals surface area contributed by atoms with Crippen LogP contribution in [0.25, 0.3) is 0 Å². The van der Waals surface area contributed by atoms with Crippen molar-refractivity contribution in [2.45, 2.75) is 52.9 Å². The molecule has 4 heteroatoms. The van der Waals surface area contributed by atoms with Crippen LogP contribution in [0.15, 0.2) is 0 Å². The second-order valence-electron chi connectivity index (χ2n) is 6.01. The monoisotopic (exact) mass is 270 g/mol. The molecule has 19 heavy (non-hydrogen) atoms. The lowest BCUT2D eigenvalue weighted by molar-refractivity contribution is -0.131. The Bertz CT molecular complexity index is 274. The predicted molar refractivity (Wildman–Crippen MR) is 77.9 cm³/mol. The second kappa shape index (κ2) is 7.25. The molecule has 0 radical (unpaired) electrons. The van der Waals surface area contributed by atoms with Crippen molar-refractivity contribution < 1.29 is 9.90 Å². The lowest BCUT2D eigenvalue weighted by Crippen LogP contribution is -2.47. The molecule has 0 bridgehead atoms. The number of hydrogen-bond donors (Lipinski definition) is 3. The van der Waals surface area contributed by atoms with Gasteiger partial charge in [-0.25, -0.2) is 0 Å². The lowest BCUT2D eigenvalue weighted by atomic mass is 9.80. The first kappa shape index (κ1) is 16.4. The van der Waals surface area contributed by atoms with Gasteiger partial charge in [-0.05, 0) is 32.2 Å².